The molecule has 2 aliphatic heterocycles. The number of nitrogens with zero attached hydrogens (tertiary/aromatic N) is 1. The van der Waals surface area contributed by atoms with Crippen molar-refractivity contribution in [2.75, 3.05) is 13.7 Å². The van der Waals surface area contributed by atoms with Crippen LogP contribution in [0.25, 0.3) is 0 Å². The first-order chi connectivity index (χ1) is 13.1. The maximum Gasteiger partial charge on any atom is 0.416 e. The lowest BCUT2D eigenvalue weighted by Gasteiger charge is -2.41. The summed E-state index contributed by atoms with van der Waals surface area (Å²) in [6, 6.07) is 4.27. The molecule has 2 heterocycles. The predicted octanol–water partition coefficient (Wildman–Crippen LogP) is 1.37. The molecule has 0 saturated carbocycles. The van der Waals surface area contributed by atoms with Gasteiger partial charge in [-0.25, -0.2) is 0 Å². The van der Waals surface area contributed by atoms with Gasteiger partial charge in [-0.05, 0) is 31.0 Å². The van der Waals surface area contributed by atoms with E-state index in [1.54, 1.807) is 6.20 Å². The second-order valence-electron chi connectivity index (χ2n) is 7.16. The maximum absolute atomic E-state index is 12.8. The first kappa shape index (κ1) is 20.4. The Bertz CT molecular complexity index is 753. The van der Waals surface area contributed by atoms with E-state index in [1.807, 2.05) is 6.92 Å². The maximum atomic E-state index is 12.8. The van der Waals surface area contributed by atoms with Crippen LogP contribution in [-0.2, 0) is 21.3 Å². The Labute approximate surface area is 160 Å². The van der Waals surface area contributed by atoms with Gasteiger partial charge in [0.25, 0.3) is 0 Å². The first-order valence-corrected chi connectivity index (χ1v) is 8.84. The van der Waals surface area contributed by atoms with Crippen LogP contribution in [0.4, 0.5) is 13.2 Å². The van der Waals surface area contributed by atoms with Crippen LogP contribution in [-0.4, -0.2) is 41.8 Å². The minimum Gasteiger partial charge on any atom is -0.468 e. The number of alkyl halides is 3. The van der Waals surface area contributed by atoms with Crippen LogP contribution < -0.4 is 16.3 Å². The Morgan fingerprint density at radius 1 is 1.32 bits per heavy atom. The van der Waals surface area contributed by atoms with Crippen molar-refractivity contribution in [3.8, 4) is 0 Å². The molecule has 0 bridgehead atoms. The van der Waals surface area contributed by atoms with Crippen molar-refractivity contribution in [2.45, 2.75) is 43.6 Å². The summed E-state index contributed by atoms with van der Waals surface area (Å²) in [6.07, 6.45) is -2.10. The van der Waals surface area contributed by atoms with E-state index in [1.165, 1.54) is 24.3 Å². The molecule has 154 valence electrons. The Morgan fingerprint density at radius 3 is 2.61 bits per heavy atom. The van der Waals surface area contributed by atoms with Gasteiger partial charge in [-0.15, -0.1) is 5.53 Å². The van der Waals surface area contributed by atoms with Crippen molar-refractivity contribution >= 4 is 5.97 Å². The number of carbonyl (C=O) groups is 1. The normalized spacial score (nSPS) is 27.9. The summed E-state index contributed by atoms with van der Waals surface area (Å²) in [5.74, 6) is -0.418. The highest BCUT2D eigenvalue weighted by molar-refractivity contribution is 5.71. The number of benzene rings is 1. The third-order valence-electron chi connectivity index (χ3n) is 4.96. The zero-order valence-electron chi connectivity index (χ0n) is 15.5. The molecule has 0 aliphatic carbocycles. The summed E-state index contributed by atoms with van der Waals surface area (Å²) in [5, 5.41) is 16.1. The van der Waals surface area contributed by atoms with Crippen LogP contribution in [0.2, 0.25) is 0 Å². The van der Waals surface area contributed by atoms with Crippen LogP contribution in [0.3, 0.4) is 0 Å². The van der Waals surface area contributed by atoms with Gasteiger partial charge in [0.15, 0.2) is 0 Å². The average molecular weight is 400 g/mol. The van der Waals surface area contributed by atoms with E-state index in [9.17, 15) is 23.1 Å². The van der Waals surface area contributed by atoms with Crippen LogP contribution in [0, 0.1) is 0 Å². The summed E-state index contributed by atoms with van der Waals surface area (Å²) in [5.41, 5.74) is 4.89. The summed E-state index contributed by atoms with van der Waals surface area (Å²) in [4.78, 5) is 11.4. The van der Waals surface area contributed by atoms with Gasteiger partial charge in [0.1, 0.15) is 6.54 Å². The predicted molar refractivity (Wildman–Crippen MR) is 94.0 cm³/mol. The van der Waals surface area contributed by atoms with Crippen LogP contribution >= 0.6 is 0 Å². The molecule has 7 nitrogen and oxygen atoms in total. The number of halogens is 3. The van der Waals surface area contributed by atoms with Crippen LogP contribution in [0.5, 0.6) is 0 Å². The summed E-state index contributed by atoms with van der Waals surface area (Å²) in [6.45, 7) is 1.90. The zero-order chi connectivity index (χ0) is 20.5. The number of nitrogens with one attached hydrogen (secondary N) is 3. The highest BCUT2D eigenvalue weighted by Gasteiger charge is 2.41. The standard InChI is InChI=1S/C18H23F3N4O3/c1-11-7-17(27,12-3-5-13(6-4-12)18(19,20)21)8-14(22-11)15-9-25(24-23-15)10-16(26)28-2/h3-6,9,11,14,22-24,27H,7-8,10H2,1-2H3/t11-,14-,17?/m0/s1. The Balaban J connectivity index is 1.77. The van der Waals surface area contributed by atoms with Crippen molar-refractivity contribution in [3.63, 3.8) is 0 Å². The van der Waals surface area contributed by atoms with Crippen molar-refractivity contribution in [2.24, 2.45) is 0 Å². The smallest absolute Gasteiger partial charge is 0.416 e. The number of methoxy groups -OCH3 is 1. The van der Waals surface area contributed by atoms with E-state index in [2.05, 4.69) is 21.0 Å². The number of esters is 1. The number of piperidine rings is 1. The monoisotopic (exact) mass is 400 g/mol. The van der Waals surface area contributed by atoms with Gasteiger partial charge in [0.2, 0.25) is 0 Å². The van der Waals surface area contributed by atoms with E-state index in [4.69, 9.17) is 0 Å². The molecule has 0 radical (unpaired) electrons. The van der Waals surface area contributed by atoms with Crippen molar-refractivity contribution in [1.29, 1.82) is 0 Å². The molecule has 1 aromatic rings. The highest BCUT2D eigenvalue weighted by Crippen LogP contribution is 2.38. The van der Waals surface area contributed by atoms with E-state index in [-0.39, 0.29) is 25.0 Å². The number of hydrogen-bond acceptors (Lipinski definition) is 7. The van der Waals surface area contributed by atoms with E-state index in [0.29, 0.717) is 17.7 Å². The van der Waals surface area contributed by atoms with Crippen molar-refractivity contribution in [1.82, 2.24) is 21.3 Å². The van der Waals surface area contributed by atoms with Gasteiger partial charge in [-0.1, -0.05) is 12.1 Å². The molecular formula is C18H23F3N4O3. The van der Waals surface area contributed by atoms with Crippen LogP contribution in [0.15, 0.2) is 36.2 Å². The zero-order valence-corrected chi connectivity index (χ0v) is 15.5. The van der Waals surface area contributed by atoms with E-state index >= 15 is 0 Å². The molecule has 1 saturated heterocycles. The topological polar surface area (TPSA) is 85.9 Å². The van der Waals surface area contributed by atoms with Gasteiger partial charge in [0.05, 0.1) is 30.0 Å². The number of aliphatic hydroxyl groups is 1. The lowest BCUT2D eigenvalue weighted by molar-refractivity contribution is -0.142. The van der Waals surface area contributed by atoms with E-state index in [0.717, 1.165) is 12.1 Å². The molecule has 0 spiro atoms. The van der Waals surface area contributed by atoms with Gasteiger partial charge in [-0.3, -0.25) is 9.80 Å². The number of carbonyl (C=O) groups excluding carboxylic acids is 1. The molecule has 1 unspecified atom stereocenters. The quantitative estimate of drug-likeness (QED) is 0.568. The molecule has 10 heteroatoms. The van der Waals surface area contributed by atoms with Gasteiger partial charge in [-0.2, -0.15) is 13.2 Å². The van der Waals surface area contributed by atoms with Crippen molar-refractivity contribution < 1.29 is 27.8 Å². The molecule has 3 rings (SSSR count). The molecule has 1 fully saturated rings. The third-order valence-corrected chi connectivity index (χ3v) is 4.96. The van der Waals surface area contributed by atoms with Crippen molar-refractivity contribution in [3.05, 3.63) is 47.3 Å². The molecule has 3 atom stereocenters. The first-order valence-electron chi connectivity index (χ1n) is 8.84. The Hall–Kier alpha value is -2.30. The number of ether oxygens (including phenoxy) is 1. The van der Waals surface area contributed by atoms with Gasteiger partial charge < -0.3 is 20.6 Å². The molecular weight excluding hydrogens is 377 g/mol. The van der Waals surface area contributed by atoms with Gasteiger partial charge >= 0.3 is 12.1 Å². The number of hydrogen-bond donors (Lipinski definition) is 4. The largest absolute Gasteiger partial charge is 0.468 e. The lowest BCUT2D eigenvalue weighted by Crippen LogP contribution is -2.53. The Kier molecular flexibility index (Phi) is 5.55. The highest BCUT2D eigenvalue weighted by atomic mass is 19.4. The third kappa shape index (κ3) is 4.40. The van der Waals surface area contributed by atoms with Crippen LogP contribution in [0.1, 0.15) is 30.9 Å². The SMILES string of the molecule is COC(=O)CN1C=C([C@@H]2CC(O)(c3ccc(C(F)(F)F)cc3)C[C@H](C)N2)NN1. The summed E-state index contributed by atoms with van der Waals surface area (Å²) < 4.78 is 43.0. The number of hydrazine groups is 2. The fourth-order valence-electron chi connectivity index (χ4n) is 3.63. The lowest BCUT2D eigenvalue weighted by atomic mass is 9.78. The fourth-order valence-corrected chi connectivity index (χ4v) is 3.63. The van der Waals surface area contributed by atoms with Gasteiger partial charge in [0, 0.05) is 18.7 Å². The molecule has 1 aromatic carbocycles. The second kappa shape index (κ2) is 7.61. The molecule has 28 heavy (non-hydrogen) atoms. The molecule has 4 N–H and O–H groups in total. The molecule has 2 aliphatic rings. The summed E-state index contributed by atoms with van der Waals surface area (Å²) >= 11 is 0. The minimum atomic E-state index is -4.42. The number of rotatable bonds is 4. The second-order valence-corrected chi connectivity index (χ2v) is 7.16. The van der Waals surface area contributed by atoms with E-state index < -0.39 is 23.3 Å². The fraction of sp³-hybridized carbons (Fsp3) is 0.500. The molecule has 0 aromatic heterocycles. The minimum absolute atomic E-state index is 0.00154. The Morgan fingerprint density at radius 2 is 2.00 bits per heavy atom. The average Bonchev–Trinajstić information content (AvgIpc) is 3.09. The summed E-state index contributed by atoms with van der Waals surface area (Å²) in [7, 11) is 1.30. The molecule has 0 amide bonds.